The first-order valence-electron chi connectivity index (χ1n) is 6.11. The van der Waals surface area contributed by atoms with Crippen molar-refractivity contribution in [2.45, 2.75) is 12.5 Å². The Morgan fingerprint density at radius 3 is 2.57 bits per heavy atom. The van der Waals surface area contributed by atoms with E-state index in [9.17, 15) is 19.8 Å². The molecule has 0 radical (unpaired) electrons. The third kappa shape index (κ3) is 5.42. The van der Waals surface area contributed by atoms with Crippen molar-refractivity contribution >= 4 is 11.9 Å². The van der Waals surface area contributed by atoms with Crippen molar-refractivity contribution in [3.8, 4) is 23.8 Å². The molecule has 1 rings (SSSR count). The average Bonchev–Trinajstić information content (AvgIpc) is 2.42. The number of nitrogens with one attached hydrogen (secondary N) is 2. The van der Waals surface area contributed by atoms with E-state index in [1.165, 1.54) is 18.2 Å². The molecule has 1 aromatic carbocycles. The first-order chi connectivity index (χ1) is 9.93. The van der Waals surface area contributed by atoms with Gasteiger partial charge in [-0.15, -0.1) is 6.42 Å². The summed E-state index contributed by atoms with van der Waals surface area (Å²) in [6.07, 6.45) is 4.99. The molecule has 5 N–H and O–H groups in total. The van der Waals surface area contributed by atoms with Gasteiger partial charge in [0.1, 0.15) is 6.04 Å². The van der Waals surface area contributed by atoms with Crippen LogP contribution in [0.25, 0.3) is 0 Å². The van der Waals surface area contributed by atoms with Gasteiger partial charge in [0.15, 0.2) is 11.5 Å². The highest BCUT2D eigenvalue weighted by Gasteiger charge is 2.20. The van der Waals surface area contributed by atoms with Gasteiger partial charge in [-0.1, -0.05) is 12.0 Å². The maximum Gasteiger partial charge on any atom is 0.326 e. The fourth-order valence-corrected chi connectivity index (χ4v) is 1.63. The Kier molecular flexibility index (Phi) is 6.04. The van der Waals surface area contributed by atoms with Crippen LogP contribution in [-0.4, -0.2) is 46.3 Å². The number of terminal acetylenes is 1. The molecule has 0 spiro atoms. The lowest BCUT2D eigenvalue weighted by atomic mass is 10.1. The third-order valence-corrected chi connectivity index (χ3v) is 2.63. The molecule has 0 saturated carbocycles. The molecule has 1 aromatic rings. The van der Waals surface area contributed by atoms with Gasteiger partial charge in [-0.25, -0.2) is 4.79 Å². The van der Waals surface area contributed by atoms with Crippen LogP contribution in [-0.2, 0) is 16.0 Å². The standard InChI is InChI=1S/C14H16N2O5/c1-2-5-15-8-13(19)16-10(14(20)21)6-9-3-4-11(17)12(18)7-9/h1,3-4,7,10,15,17-18H,5-6,8H2,(H,16,19)(H,20,21). The van der Waals surface area contributed by atoms with Crippen LogP contribution in [0.4, 0.5) is 0 Å². The number of aromatic hydroxyl groups is 2. The summed E-state index contributed by atoms with van der Waals surface area (Å²) in [6.45, 7) is 0.117. The number of phenols is 2. The SMILES string of the molecule is C#CCNCC(=O)NC(Cc1ccc(O)c(O)c1)C(=O)O. The largest absolute Gasteiger partial charge is 0.504 e. The van der Waals surface area contributed by atoms with Gasteiger partial charge >= 0.3 is 5.97 Å². The Morgan fingerprint density at radius 2 is 2.00 bits per heavy atom. The molecule has 7 nitrogen and oxygen atoms in total. The average molecular weight is 292 g/mol. The second-order valence-electron chi connectivity index (χ2n) is 4.29. The Hall–Kier alpha value is -2.72. The minimum absolute atomic E-state index is 0.0238. The maximum absolute atomic E-state index is 11.5. The molecule has 7 heteroatoms. The van der Waals surface area contributed by atoms with E-state index in [1.807, 2.05) is 0 Å². The first-order valence-corrected chi connectivity index (χ1v) is 6.11. The number of hydrogen-bond donors (Lipinski definition) is 5. The van der Waals surface area contributed by atoms with Gasteiger partial charge in [0.25, 0.3) is 0 Å². The first kappa shape index (κ1) is 16.3. The zero-order valence-corrected chi connectivity index (χ0v) is 11.2. The second kappa shape index (κ2) is 7.77. The summed E-state index contributed by atoms with van der Waals surface area (Å²) in [5.41, 5.74) is 0.467. The van der Waals surface area contributed by atoms with Crippen LogP contribution in [0.1, 0.15) is 5.56 Å². The van der Waals surface area contributed by atoms with Crippen LogP contribution >= 0.6 is 0 Å². The van der Waals surface area contributed by atoms with Crippen LogP contribution in [0, 0.1) is 12.3 Å². The molecule has 0 aliphatic heterocycles. The van der Waals surface area contributed by atoms with E-state index >= 15 is 0 Å². The molecule has 0 aliphatic rings. The lowest BCUT2D eigenvalue weighted by molar-refractivity contribution is -0.141. The second-order valence-corrected chi connectivity index (χ2v) is 4.29. The van der Waals surface area contributed by atoms with Crippen molar-refractivity contribution in [1.82, 2.24) is 10.6 Å². The van der Waals surface area contributed by atoms with Gasteiger partial charge < -0.3 is 20.6 Å². The van der Waals surface area contributed by atoms with Crippen molar-refractivity contribution < 1.29 is 24.9 Å². The molecule has 1 amide bonds. The smallest absolute Gasteiger partial charge is 0.326 e. The Bertz CT molecular complexity index is 565. The van der Waals surface area contributed by atoms with E-state index in [0.717, 1.165) is 0 Å². The van der Waals surface area contributed by atoms with E-state index in [0.29, 0.717) is 5.56 Å². The molecule has 0 bridgehead atoms. The number of carboxylic acid groups (broad SMARTS) is 1. The summed E-state index contributed by atoms with van der Waals surface area (Å²) in [7, 11) is 0. The fraction of sp³-hybridized carbons (Fsp3) is 0.286. The molecule has 21 heavy (non-hydrogen) atoms. The number of carboxylic acids is 1. The molecule has 1 atom stereocenters. The maximum atomic E-state index is 11.5. The number of carbonyl (C=O) groups is 2. The highest BCUT2D eigenvalue weighted by Crippen LogP contribution is 2.25. The molecule has 0 aliphatic carbocycles. The molecular weight excluding hydrogens is 276 g/mol. The van der Waals surface area contributed by atoms with Crippen molar-refractivity contribution in [1.29, 1.82) is 0 Å². The minimum atomic E-state index is -1.20. The molecular formula is C14H16N2O5. The number of benzene rings is 1. The Morgan fingerprint density at radius 1 is 1.29 bits per heavy atom. The van der Waals surface area contributed by atoms with Crippen molar-refractivity contribution in [2.75, 3.05) is 13.1 Å². The number of rotatable bonds is 7. The van der Waals surface area contributed by atoms with Crippen LogP contribution in [0.15, 0.2) is 18.2 Å². The number of amides is 1. The van der Waals surface area contributed by atoms with Crippen molar-refractivity contribution in [2.24, 2.45) is 0 Å². The number of phenolic OH excluding ortho intramolecular Hbond substituents is 2. The topological polar surface area (TPSA) is 119 Å². The molecule has 0 heterocycles. The van der Waals surface area contributed by atoms with Crippen LogP contribution in [0.3, 0.4) is 0 Å². The van der Waals surface area contributed by atoms with Crippen molar-refractivity contribution in [3.63, 3.8) is 0 Å². The normalized spacial score (nSPS) is 11.4. The predicted molar refractivity (Wildman–Crippen MR) is 74.7 cm³/mol. The van der Waals surface area contributed by atoms with Gasteiger partial charge in [-0.3, -0.25) is 10.1 Å². The van der Waals surface area contributed by atoms with Gasteiger partial charge in [-0.05, 0) is 17.7 Å². The quantitative estimate of drug-likeness (QED) is 0.261. The molecule has 112 valence electrons. The van der Waals surface area contributed by atoms with Crippen LogP contribution in [0.2, 0.25) is 0 Å². The summed E-state index contributed by atoms with van der Waals surface area (Å²) in [5, 5.41) is 32.6. The van der Waals surface area contributed by atoms with Gasteiger partial charge in [0.2, 0.25) is 5.91 Å². The van der Waals surface area contributed by atoms with Crippen LogP contribution in [0.5, 0.6) is 11.5 Å². The summed E-state index contributed by atoms with van der Waals surface area (Å²) in [4.78, 5) is 22.7. The van der Waals surface area contributed by atoms with E-state index < -0.39 is 17.9 Å². The monoisotopic (exact) mass is 292 g/mol. The zero-order chi connectivity index (χ0) is 15.8. The van der Waals surface area contributed by atoms with Gasteiger partial charge in [0, 0.05) is 6.42 Å². The number of aliphatic carboxylic acids is 1. The number of carbonyl (C=O) groups excluding carboxylic acids is 1. The Balaban J connectivity index is 2.65. The lowest BCUT2D eigenvalue weighted by Crippen LogP contribution is -2.45. The lowest BCUT2D eigenvalue weighted by Gasteiger charge is -2.15. The summed E-state index contributed by atoms with van der Waals surface area (Å²) >= 11 is 0. The summed E-state index contributed by atoms with van der Waals surface area (Å²) < 4.78 is 0. The predicted octanol–water partition coefficient (Wildman–Crippen LogP) is -0.568. The minimum Gasteiger partial charge on any atom is -0.504 e. The fourth-order valence-electron chi connectivity index (χ4n) is 1.63. The molecule has 0 saturated heterocycles. The zero-order valence-electron chi connectivity index (χ0n) is 11.2. The summed E-state index contributed by atoms with van der Waals surface area (Å²) in [5.74, 6) is -0.0553. The van der Waals surface area contributed by atoms with E-state index in [4.69, 9.17) is 11.5 Å². The highest BCUT2D eigenvalue weighted by molar-refractivity contribution is 5.84. The van der Waals surface area contributed by atoms with Gasteiger partial charge in [-0.2, -0.15) is 0 Å². The van der Waals surface area contributed by atoms with Crippen LogP contribution < -0.4 is 10.6 Å². The highest BCUT2D eigenvalue weighted by atomic mass is 16.4. The number of hydrogen-bond acceptors (Lipinski definition) is 5. The van der Waals surface area contributed by atoms with E-state index in [1.54, 1.807) is 0 Å². The van der Waals surface area contributed by atoms with Gasteiger partial charge in [0.05, 0.1) is 13.1 Å². The summed E-state index contributed by atoms with van der Waals surface area (Å²) in [6, 6.07) is 2.82. The van der Waals surface area contributed by atoms with Crippen molar-refractivity contribution in [3.05, 3.63) is 23.8 Å². The molecule has 1 unspecified atom stereocenters. The molecule has 0 fully saturated rings. The van der Waals surface area contributed by atoms with E-state index in [-0.39, 0.29) is 31.0 Å². The Labute approximate surface area is 121 Å². The third-order valence-electron chi connectivity index (χ3n) is 2.63. The molecule has 0 aromatic heterocycles. The van der Waals surface area contributed by atoms with E-state index in [2.05, 4.69) is 16.6 Å².